The first kappa shape index (κ1) is 19.2. The van der Waals surface area contributed by atoms with E-state index in [1.807, 2.05) is 36.4 Å². The minimum absolute atomic E-state index is 0.0261. The van der Waals surface area contributed by atoms with E-state index >= 15 is 0 Å². The van der Waals surface area contributed by atoms with E-state index in [1.165, 1.54) is 5.56 Å². The molecule has 2 N–H and O–H groups in total. The molecule has 27 heavy (non-hydrogen) atoms. The van der Waals surface area contributed by atoms with Crippen molar-refractivity contribution in [2.24, 2.45) is 0 Å². The predicted molar refractivity (Wildman–Crippen MR) is 107 cm³/mol. The van der Waals surface area contributed by atoms with Gasteiger partial charge in [0, 0.05) is 19.0 Å². The van der Waals surface area contributed by atoms with Crippen LogP contribution in [0.1, 0.15) is 49.1 Å². The molecule has 0 bridgehead atoms. The Morgan fingerprint density at radius 1 is 0.815 bits per heavy atom. The van der Waals surface area contributed by atoms with Gasteiger partial charge >= 0.3 is 0 Å². The molecular formula is C23H28N2O2. The maximum Gasteiger partial charge on any atom is 0.224 e. The highest BCUT2D eigenvalue weighted by Crippen LogP contribution is 2.32. The fourth-order valence-electron chi connectivity index (χ4n) is 3.76. The van der Waals surface area contributed by atoms with Crippen molar-refractivity contribution in [2.45, 2.75) is 50.5 Å². The minimum Gasteiger partial charge on any atom is -0.355 e. The summed E-state index contributed by atoms with van der Waals surface area (Å²) >= 11 is 0. The SMILES string of the molecule is O=C(Cc1ccccc1)NCCC(=O)NC1CCC(c2ccccc2)CC1. The summed E-state index contributed by atoms with van der Waals surface area (Å²) in [4.78, 5) is 24.1. The number of amides is 2. The summed E-state index contributed by atoms with van der Waals surface area (Å²) in [7, 11) is 0. The summed E-state index contributed by atoms with van der Waals surface area (Å²) in [6.07, 6.45) is 4.95. The summed E-state index contributed by atoms with van der Waals surface area (Å²) in [6, 6.07) is 20.5. The van der Waals surface area contributed by atoms with Crippen molar-refractivity contribution in [2.75, 3.05) is 6.54 Å². The molecule has 1 saturated carbocycles. The lowest BCUT2D eigenvalue weighted by molar-refractivity contribution is -0.122. The first-order valence-electron chi connectivity index (χ1n) is 9.85. The molecule has 4 nitrogen and oxygen atoms in total. The number of hydrogen-bond acceptors (Lipinski definition) is 2. The van der Waals surface area contributed by atoms with Crippen molar-refractivity contribution < 1.29 is 9.59 Å². The van der Waals surface area contributed by atoms with Crippen LogP contribution in [0.4, 0.5) is 0 Å². The second-order valence-corrected chi connectivity index (χ2v) is 7.29. The average Bonchev–Trinajstić information content (AvgIpc) is 2.70. The Morgan fingerprint density at radius 3 is 2.11 bits per heavy atom. The molecule has 0 radical (unpaired) electrons. The van der Waals surface area contributed by atoms with Crippen molar-refractivity contribution in [1.82, 2.24) is 10.6 Å². The predicted octanol–water partition coefficient (Wildman–Crippen LogP) is 3.58. The Kier molecular flexibility index (Phi) is 7.03. The lowest BCUT2D eigenvalue weighted by Crippen LogP contribution is -2.39. The van der Waals surface area contributed by atoms with E-state index in [9.17, 15) is 9.59 Å². The van der Waals surface area contributed by atoms with E-state index < -0.39 is 0 Å². The van der Waals surface area contributed by atoms with Crippen LogP contribution in [-0.4, -0.2) is 24.4 Å². The van der Waals surface area contributed by atoms with Crippen LogP contribution in [-0.2, 0) is 16.0 Å². The van der Waals surface area contributed by atoms with Crippen molar-refractivity contribution in [3.05, 3.63) is 71.8 Å². The van der Waals surface area contributed by atoms with Crippen LogP contribution in [0.2, 0.25) is 0 Å². The van der Waals surface area contributed by atoms with Gasteiger partial charge in [-0.25, -0.2) is 0 Å². The van der Waals surface area contributed by atoms with Crippen LogP contribution in [0.3, 0.4) is 0 Å². The van der Waals surface area contributed by atoms with E-state index in [2.05, 4.69) is 34.9 Å². The summed E-state index contributed by atoms with van der Waals surface area (Å²) in [5, 5.41) is 5.95. The van der Waals surface area contributed by atoms with Gasteiger partial charge in [0.2, 0.25) is 11.8 Å². The molecule has 0 spiro atoms. The fraction of sp³-hybridized carbons (Fsp3) is 0.391. The molecule has 0 unspecified atom stereocenters. The van der Waals surface area contributed by atoms with Gasteiger partial charge in [0.15, 0.2) is 0 Å². The summed E-state index contributed by atoms with van der Waals surface area (Å²) in [6.45, 7) is 0.386. The summed E-state index contributed by atoms with van der Waals surface area (Å²) in [5.41, 5.74) is 2.39. The molecule has 1 aliphatic rings. The van der Waals surface area contributed by atoms with E-state index in [-0.39, 0.29) is 17.9 Å². The zero-order valence-corrected chi connectivity index (χ0v) is 15.7. The third kappa shape index (κ3) is 6.24. The Labute approximate surface area is 161 Å². The molecule has 4 heteroatoms. The molecule has 0 atom stereocenters. The normalized spacial score (nSPS) is 19.3. The van der Waals surface area contributed by atoms with Crippen LogP contribution in [0.5, 0.6) is 0 Å². The molecule has 2 aromatic rings. The van der Waals surface area contributed by atoms with Crippen molar-refractivity contribution in [1.29, 1.82) is 0 Å². The number of benzene rings is 2. The number of nitrogens with one attached hydrogen (secondary N) is 2. The Morgan fingerprint density at radius 2 is 1.44 bits per heavy atom. The first-order valence-corrected chi connectivity index (χ1v) is 9.85. The van der Waals surface area contributed by atoms with Crippen LogP contribution >= 0.6 is 0 Å². The standard InChI is InChI=1S/C23H28N2O2/c26-22(15-16-24-23(27)17-18-7-3-1-4-8-18)25-21-13-11-20(12-14-21)19-9-5-2-6-10-19/h1-10,20-21H,11-17H2,(H,24,27)(H,25,26). The lowest BCUT2D eigenvalue weighted by atomic mass is 9.82. The van der Waals surface area contributed by atoms with Crippen molar-refractivity contribution in [3.63, 3.8) is 0 Å². The second-order valence-electron chi connectivity index (χ2n) is 7.29. The molecule has 142 valence electrons. The van der Waals surface area contributed by atoms with Crippen molar-refractivity contribution in [3.8, 4) is 0 Å². The maximum atomic E-state index is 12.1. The minimum atomic E-state index is -0.0441. The third-order valence-electron chi connectivity index (χ3n) is 5.25. The van der Waals surface area contributed by atoms with Crippen LogP contribution in [0, 0.1) is 0 Å². The van der Waals surface area contributed by atoms with Gasteiger partial charge in [-0.05, 0) is 42.7 Å². The van der Waals surface area contributed by atoms with E-state index in [0.29, 0.717) is 25.3 Å². The van der Waals surface area contributed by atoms with E-state index in [0.717, 1.165) is 31.2 Å². The van der Waals surface area contributed by atoms with Gasteiger partial charge in [-0.3, -0.25) is 9.59 Å². The van der Waals surface area contributed by atoms with Crippen LogP contribution < -0.4 is 10.6 Å². The smallest absolute Gasteiger partial charge is 0.224 e. The van der Waals surface area contributed by atoms with Gasteiger partial charge in [-0.2, -0.15) is 0 Å². The van der Waals surface area contributed by atoms with Gasteiger partial charge in [0.25, 0.3) is 0 Å². The van der Waals surface area contributed by atoms with Gasteiger partial charge < -0.3 is 10.6 Å². The van der Waals surface area contributed by atoms with Gasteiger partial charge in [0.05, 0.1) is 6.42 Å². The molecule has 0 aliphatic heterocycles. The number of carbonyl (C=O) groups is 2. The Hall–Kier alpha value is -2.62. The van der Waals surface area contributed by atoms with Gasteiger partial charge in [0.1, 0.15) is 0 Å². The van der Waals surface area contributed by atoms with Crippen LogP contribution in [0.15, 0.2) is 60.7 Å². The zero-order chi connectivity index (χ0) is 18.9. The highest BCUT2D eigenvalue weighted by atomic mass is 16.2. The largest absolute Gasteiger partial charge is 0.355 e. The third-order valence-corrected chi connectivity index (χ3v) is 5.25. The molecule has 3 rings (SSSR count). The first-order chi connectivity index (χ1) is 13.2. The number of rotatable bonds is 7. The quantitative estimate of drug-likeness (QED) is 0.789. The summed E-state index contributed by atoms with van der Waals surface area (Å²) < 4.78 is 0. The maximum absolute atomic E-state index is 12.1. The Bertz CT molecular complexity index is 723. The van der Waals surface area contributed by atoms with E-state index in [4.69, 9.17) is 0 Å². The monoisotopic (exact) mass is 364 g/mol. The molecular weight excluding hydrogens is 336 g/mol. The van der Waals surface area contributed by atoms with E-state index in [1.54, 1.807) is 0 Å². The molecule has 1 fully saturated rings. The summed E-state index contributed by atoms with van der Waals surface area (Å²) in [5.74, 6) is 0.590. The molecule has 0 saturated heterocycles. The zero-order valence-electron chi connectivity index (χ0n) is 15.7. The molecule has 0 heterocycles. The van der Waals surface area contributed by atoms with Crippen molar-refractivity contribution >= 4 is 11.8 Å². The average molecular weight is 364 g/mol. The number of hydrogen-bond donors (Lipinski definition) is 2. The van der Waals surface area contributed by atoms with Crippen LogP contribution in [0.25, 0.3) is 0 Å². The number of carbonyl (C=O) groups excluding carboxylic acids is 2. The highest BCUT2D eigenvalue weighted by molar-refractivity contribution is 5.80. The van der Waals surface area contributed by atoms with Gasteiger partial charge in [-0.15, -0.1) is 0 Å². The Balaban J connectivity index is 1.31. The molecule has 1 aliphatic carbocycles. The van der Waals surface area contributed by atoms with Gasteiger partial charge in [-0.1, -0.05) is 60.7 Å². The molecule has 2 aromatic carbocycles. The second kappa shape index (κ2) is 9.91. The highest BCUT2D eigenvalue weighted by Gasteiger charge is 2.23. The topological polar surface area (TPSA) is 58.2 Å². The molecule has 2 amide bonds. The fourth-order valence-corrected chi connectivity index (χ4v) is 3.76. The lowest BCUT2D eigenvalue weighted by Gasteiger charge is -2.29. The molecule has 0 aromatic heterocycles.